The third-order valence-electron chi connectivity index (χ3n) is 3.31. The van der Waals surface area contributed by atoms with E-state index in [1.165, 1.54) is 6.07 Å². The molecule has 4 heteroatoms. The van der Waals surface area contributed by atoms with Gasteiger partial charge in [0.2, 0.25) is 0 Å². The summed E-state index contributed by atoms with van der Waals surface area (Å²) < 4.78 is 14.6. The van der Waals surface area contributed by atoms with Crippen LogP contribution in [-0.2, 0) is 5.54 Å². The van der Waals surface area contributed by atoms with Crippen LogP contribution < -0.4 is 5.73 Å². The van der Waals surface area contributed by atoms with Gasteiger partial charge in [-0.25, -0.2) is 4.39 Å². The number of hydrogen-bond donors (Lipinski definition) is 2. The van der Waals surface area contributed by atoms with Gasteiger partial charge in [-0.2, -0.15) is 0 Å². The van der Waals surface area contributed by atoms with Crippen LogP contribution in [0.5, 0.6) is 5.75 Å². The van der Waals surface area contributed by atoms with Crippen LogP contribution in [0.25, 0.3) is 0 Å². The molecule has 1 aliphatic rings. The average Bonchev–Trinajstić information content (AvgIpc) is 2.25. The van der Waals surface area contributed by atoms with Crippen molar-refractivity contribution in [1.82, 2.24) is 0 Å². The summed E-state index contributed by atoms with van der Waals surface area (Å²) in [5, 5.41) is 9.42. The molecule has 0 bridgehead atoms. The van der Waals surface area contributed by atoms with Gasteiger partial charge in [0.1, 0.15) is 0 Å². The summed E-state index contributed by atoms with van der Waals surface area (Å²) >= 11 is 3.32. The van der Waals surface area contributed by atoms with Crippen molar-refractivity contribution in [3.05, 3.63) is 28.0 Å². The number of rotatable bonds is 1. The number of phenols is 1. The van der Waals surface area contributed by atoms with Crippen molar-refractivity contribution in [3.8, 4) is 5.75 Å². The van der Waals surface area contributed by atoms with Crippen molar-refractivity contribution in [3.63, 3.8) is 0 Å². The van der Waals surface area contributed by atoms with Crippen LogP contribution in [0.4, 0.5) is 4.39 Å². The number of nitrogens with two attached hydrogens (primary N) is 1. The van der Waals surface area contributed by atoms with Gasteiger partial charge in [0, 0.05) is 15.6 Å². The summed E-state index contributed by atoms with van der Waals surface area (Å²) in [6.07, 6.45) is 4.71. The first-order valence-electron chi connectivity index (χ1n) is 5.51. The highest BCUT2D eigenvalue weighted by atomic mass is 79.9. The lowest BCUT2D eigenvalue weighted by Gasteiger charge is -2.35. The third-order valence-corrected chi connectivity index (χ3v) is 3.98. The molecule has 0 heterocycles. The molecule has 1 fully saturated rings. The first kappa shape index (κ1) is 11.9. The van der Waals surface area contributed by atoms with Gasteiger partial charge in [-0.15, -0.1) is 0 Å². The van der Waals surface area contributed by atoms with Crippen molar-refractivity contribution < 1.29 is 9.50 Å². The molecule has 0 atom stereocenters. The normalized spacial score (nSPS) is 19.7. The van der Waals surface area contributed by atoms with Gasteiger partial charge in [0.15, 0.2) is 11.6 Å². The fourth-order valence-electron chi connectivity index (χ4n) is 2.43. The molecule has 0 spiro atoms. The first-order chi connectivity index (χ1) is 7.54. The van der Waals surface area contributed by atoms with Gasteiger partial charge in [0.05, 0.1) is 0 Å². The van der Waals surface area contributed by atoms with Gasteiger partial charge >= 0.3 is 0 Å². The van der Waals surface area contributed by atoms with Crippen molar-refractivity contribution in [2.45, 2.75) is 37.6 Å². The highest BCUT2D eigenvalue weighted by molar-refractivity contribution is 9.10. The molecule has 1 aromatic rings. The summed E-state index contributed by atoms with van der Waals surface area (Å²) in [6.45, 7) is 0. The zero-order valence-corrected chi connectivity index (χ0v) is 10.6. The minimum Gasteiger partial charge on any atom is -0.505 e. The standard InChI is InChI=1S/C12H15BrFNO/c13-8-4-5-9(16)11(14)10(8)12(15)6-2-1-3-7-12/h4-5,16H,1-3,6-7,15H2. The quantitative estimate of drug-likeness (QED) is 0.831. The second kappa shape index (κ2) is 4.34. The van der Waals surface area contributed by atoms with E-state index in [4.69, 9.17) is 5.73 Å². The fraction of sp³-hybridized carbons (Fsp3) is 0.500. The smallest absolute Gasteiger partial charge is 0.170 e. The van der Waals surface area contributed by atoms with E-state index in [1.54, 1.807) is 6.07 Å². The van der Waals surface area contributed by atoms with Gasteiger partial charge in [-0.05, 0) is 25.0 Å². The van der Waals surface area contributed by atoms with Crippen molar-refractivity contribution >= 4 is 15.9 Å². The molecule has 0 unspecified atom stereocenters. The first-order valence-corrected chi connectivity index (χ1v) is 6.30. The Morgan fingerprint density at radius 1 is 1.25 bits per heavy atom. The van der Waals surface area contributed by atoms with E-state index in [9.17, 15) is 9.50 Å². The molecule has 88 valence electrons. The number of aromatic hydroxyl groups is 1. The lowest BCUT2D eigenvalue weighted by atomic mass is 9.77. The van der Waals surface area contributed by atoms with Crippen LogP contribution >= 0.6 is 15.9 Å². The maximum Gasteiger partial charge on any atom is 0.170 e. The molecule has 0 saturated heterocycles. The zero-order valence-electron chi connectivity index (χ0n) is 8.97. The molecule has 2 rings (SSSR count). The van der Waals surface area contributed by atoms with Crippen molar-refractivity contribution in [2.75, 3.05) is 0 Å². The Kier molecular flexibility index (Phi) is 3.22. The van der Waals surface area contributed by atoms with Gasteiger partial charge in [-0.1, -0.05) is 35.2 Å². The molecule has 0 radical (unpaired) electrons. The molecular formula is C12H15BrFNO. The number of phenolic OH excluding ortho intramolecular Hbond substituents is 1. The van der Waals surface area contributed by atoms with E-state index in [1.807, 2.05) is 0 Å². The highest BCUT2D eigenvalue weighted by Crippen LogP contribution is 2.41. The SMILES string of the molecule is NC1(c2c(Br)ccc(O)c2F)CCCCC1. The molecule has 1 saturated carbocycles. The van der Waals surface area contributed by atoms with Gasteiger partial charge in [0.25, 0.3) is 0 Å². The number of halogens is 2. The van der Waals surface area contributed by atoms with Crippen LogP contribution in [0.15, 0.2) is 16.6 Å². The Labute approximate surface area is 103 Å². The van der Waals surface area contributed by atoms with E-state index in [0.717, 1.165) is 32.1 Å². The predicted molar refractivity (Wildman–Crippen MR) is 64.7 cm³/mol. The van der Waals surface area contributed by atoms with Crippen LogP contribution in [0.3, 0.4) is 0 Å². The molecule has 0 aliphatic heterocycles. The Hall–Kier alpha value is -0.610. The molecule has 16 heavy (non-hydrogen) atoms. The van der Waals surface area contributed by atoms with Crippen molar-refractivity contribution in [1.29, 1.82) is 0 Å². The molecule has 2 nitrogen and oxygen atoms in total. The summed E-state index contributed by atoms with van der Waals surface area (Å²) in [5.41, 5.74) is 6.05. The average molecular weight is 288 g/mol. The third kappa shape index (κ3) is 1.96. The Balaban J connectivity index is 2.49. The van der Waals surface area contributed by atoms with Gasteiger partial charge < -0.3 is 10.8 Å². The fourth-order valence-corrected chi connectivity index (χ4v) is 3.13. The zero-order chi connectivity index (χ0) is 11.8. The maximum atomic E-state index is 13.9. The summed E-state index contributed by atoms with van der Waals surface area (Å²) in [6, 6.07) is 2.99. The van der Waals surface area contributed by atoms with E-state index in [0.29, 0.717) is 10.0 Å². The van der Waals surface area contributed by atoms with Crippen LogP contribution in [-0.4, -0.2) is 5.11 Å². The Morgan fingerprint density at radius 3 is 2.50 bits per heavy atom. The number of benzene rings is 1. The van der Waals surface area contributed by atoms with E-state index in [-0.39, 0.29) is 5.75 Å². The Morgan fingerprint density at radius 2 is 1.88 bits per heavy atom. The minimum absolute atomic E-state index is 0.325. The van der Waals surface area contributed by atoms with E-state index >= 15 is 0 Å². The van der Waals surface area contributed by atoms with Crippen LogP contribution in [0, 0.1) is 5.82 Å². The minimum atomic E-state index is -0.639. The maximum absolute atomic E-state index is 13.9. The monoisotopic (exact) mass is 287 g/mol. The summed E-state index contributed by atoms with van der Waals surface area (Å²) in [5.74, 6) is -0.910. The van der Waals surface area contributed by atoms with Crippen LogP contribution in [0.1, 0.15) is 37.7 Å². The topological polar surface area (TPSA) is 46.2 Å². The van der Waals surface area contributed by atoms with E-state index < -0.39 is 11.4 Å². The lowest BCUT2D eigenvalue weighted by Crippen LogP contribution is -2.39. The molecule has 0 amide bonds. The highest BCUT2D eigenvalue weighted by Gasteiger charge is 2.34. The van der Waals surface area contributed by atoms with Gasteiger partial charge in [-0.3, -0.25) is 0 Å². The molecule has 1 aliphatic carbocycles. The predicted octanol–water partition coefficient (Wildman–Crippen LogP) is 3.41. The largest absolute Gasteiger partial charge is 0.505 e. The number of hydrogen-bond acceptors (Lipinski definition) is 2. The second-order valence-corrected chi connectivity index (χ2v) is 5.33. The molecule has 1 aromatic carbocycles. The molecular weight excluding hydrogens is 273 g/mol. The van der Waals surface area contributed by atoms with Crippen molar-refractivity contribution in [2.24, 2.45) is 5.73 Å². The summed E-state index contributed by atoms with van der Waals surface area (Å²) in [7, 11) is 0. The summed E-state index contributed by atoms with van der Waals surface area (Å²) in [4.78, 5) is 0. The Bertz CT molecular complexity index is 402. The molecule has 0 aromatic heterocycles. The van der Waals surface area contributed by atoms with E-state index in [2.05, 4.69) is 15.9 Å². The van der Waals surface area contributed by atoms with Crippen LogP contribution in [0.2, 0.25) is 0 Å². The second-order valence-electron chi connectivity index (χ2n) is 4.47. The lowest BCUT2D eigenvalue weighted by molar-refractivity contribution is 0.287. The molecule has 3 N–H and O–H groups in total.